The Morgan fingerprint density at radius 3 is 2.29 bits per heavy atom. The second-order valence-electron chi connectivity index (χ2n) is 9.06. The van der Waals surface area contributed by atoms with Gasteiger partial charge in [-0.2, -0.15) is 0 Å². The van der Waals surface area contributed by atoms with Gasteiger partial charge in [-0.1, -0.05) is 56.4 Å². The van der Waals surface area contributed by atoms with Crippen molar-refractivity contribution in [2.75, 3.05) is 7.11 Å². The van der Waals surface area contributed by atoms with Gasteiger partial charge >= 0.3 is 5.97 Å². The maximum atomic E-state index is 15.2. The highest BCUT2D eigenvalue weighted by atomic mass is 19.2. The molecule has 2 saturated carbocycles. The van der Waals surface area contributed by atoms with Crippen LogP contribution in [0.5, 0.6) is 0 Å². The summed E-state index contributed by atoms with van der Waals surface area (Å²) in [7, 11) is 1.77. The first kappa shape index (κ1) is 21.9. The highest BCUT2D eigenvalue weighted by molar-refractivity contribution is 5.88. The van der Waals surface area contributed by atoms with Gasteiger partial charge in [-0.05, 0) is 60.3 Å². The van der Waals surface area contributed by atoms with E-state index in [4.69, 9.17) is 9.84 Å². The normalized spacial score (nSPS) is 24.8. The van der Waals surface area contributed by atoms with Crippen molar-refractivity contribution < 1.29 is 23.4 Å². The predicted molar refractivity (Wildman–Crippen MR) is 116 cm³/mol. The summed E-state index contributed by atoms with van der Waals surface area (Å²) in [6.07, 6.45) is 8.93. The smallest absolute Gasteiger partial charge is 0.335 e. The molecule has 0 radical (unpaired) electrons. The average molecular weight is 429 g/mol. The van der Waals surface area contributed by atoms with Crippen molar-refractivity contribution in [1.29, 1.82) is 0 Å². The van der Waals surface area contributed by atoms with E-state index in [9.17, 15) is 4.79 Å². The van der Waals surface area contributed by atoms with E-state index in [1.165, 1.54) is 56.4 Å². The number of rotatable bonds is 5. The molecule has 3 unspecified atom stereocenters. The summed E-state index contributed by atoms with van der Waals surface area (Å²) < 4.78 is 36.0. The van der Waals surface area contributed by atoms with Gasteiger partial charge in [0, 0.05) is 12.7 Å². The molecule has 3 atom stereocenters. The van der Waals surface area contributed by atoms with Crippen molar-refractivity contribution in [2.24, 2.45) is 11.8 Å². The minimum Gasteiger partial charge on any atom is -0.478 e. The predicted octanol–water partition coefficient (Wildman–Crippen LogP) is 6.81. The van der Waals surface area contributed by atoms with Gasteiger partial charge < -0.3 is 9.84 Å². The fourth-order valence-corrected chi connectivity index (χ4v) is 5.71. The summed E-state index contributed by atoms with van der Waals surface area (Å²) in [5.74, 6) is -1.67. The van der Waals surface area contributed by atoms with Crippen molar-refractivity contribution in [2.45, 2.75) is 63.4 Å². The van der Waals surface area contributed by atoms with E-state index in [1.54, 1.807) is 19.2 Å². The van der Waals surface area contributed by atoms with Crippen molar-refractivity contribution in [3.8, 4) is 11.1 Å². The first-order valence-electron chi connectivity index (χ1n) is 11.3. The van der Waals surface area contributed by atoms with Gasteiger partial charge in [-0.15, -0.1) is 0 Å². The van der Waals surface area contributed by atoms with Gasteiger partial charge in [0.2, 0.25) is 0 Å². The largest absolute Gasteiger partial charge is 0.478 e. The monoisotopic (exact) mass is 428 g/mol. The Labute approximate surface area is 182 Å². The molecule has 1 N–H and O–H groups in total. The molecule has 2 aromatic rings. The zero-order valence-corrected chi connectivity index (χ0v) is 17.9. The van der Waals surface area contributed by atoms with Gasteiger partial charge in [0.1, 0.15) is 0 Å². The van der Waals surface area contributed by atoms with Crippen LogP contribution in [0.2, 0.25) is 0 Å². The molecule has 5 heteroatoms. The Morgan fingerprint density at radius 2 is 1.65 bits per heavy atom. The van der Waals surface area contributed by atoms with E-state index in [2.05, 4.69) is 0 Å². The number of carboxylic acid groups (broad SMARTS) is 1. The number of halogens is 2. The van der Waals surface area contributed by atoms with Crippen molar-refractivity contribution >= 4 is 5.97 Å². The lowest BCUT2D eigenvalue weighted by molar-refractivity contribution is -0.0149. The molecule has 4 rings (SSSR count). The van der Waals surface area contributed by atoms with Crippen LogP contribution in [-0.4, -0.2) is 24.3 Å². The molecule has 0 aromatic heterocycles. The van der Waals surface area contributed by atoms with Crippen LogP contribution in [0.1, 0.15) is 73.2 Å². The summed E-state index contributed by atoms with van der Waals surface area (Å²) in [5, 5.41) is 9.03. The topological polar surface area (TPSA) is 46.5 Å². The van der Waals surface area contributed by atoms with Crippen LogP contribution in [0.4, 0.5) is 8.78 Å². The van der Waals surface area contributed by atoms with Gasteiger partial charge in [-0.3, -0.25) is 0 Å². The van der Waals surface area contributed by atoms with Crippen LogP contribution >= 0.6 is 0 Å². The number of hydrogen-bond donors (Lipinski definition) is 1. The molecule has 0 bridgehead atoms. The summed E-state index contributed by atoms with van der Waals surface area (Å²) in [6, 6.07) is 9.19. The molecule has 2 aromatic carbocycles. The summed E-state index contributed by atoms with van der Waals surface area (Å²) >= 11 is 0. The van der Waals surface area contributed by atoms with Crippen LogP contribution in [0.25, 0.3) is 11.1 Å². The first-order chi connectivity index (χ1) is 15.0. The molecule has 2 aliphatic carbocycles. The number of benzene rings is 2. The number of carboxylic acids is 1. The number of hydrogen-bond acceptors (Lipinski definition) is 2. The molecule has 166 valence electrons. The standard InChI is InChI=1S/C26H30F2O3/c1-31-23-14-11-19(15-22(23)16-5-3-2-4-6-16)21-13-12-20(24(27)25(21)28)17-7-9-18(10-8-17)26(29)30/h7-10,12-13,16,19,22-23H,2-6,11,14-15H2,1H3,(H,29,30). The Balaban J connectivity index is 1.58. The Hall–Kier alpha value is -2.27. The summed E-state index contributed by atoms with van der Waals surface area (Å²) in [4.78, 5) is 11.0. The highest BCUT2D eigenvalue weighted by Gasteiger charge is 2.37. The van der Waals surface area contributed by atoms with Gasteiger partial charge in [0.05, 0.1) is 11.7 Å². The molecule has 0 heterocycles. The van der Waals surface area contributed by atoms with Crippen molar-refractivity contribution in [1.82, 2.24) is 0 Å². The SMILES string of the molecule is COC1CCC(c2ccc(-c3ccc(C(=O)O)cc3)c(F)c2F)CC1C1CCCCC1. The van der Waals surface area contributed by atoms with E-state index in [1.807, 2.05) is 0 Å². The van der Waals surface area contributed by atoms with E-state index < -0.39 is 17.6 Å². The van der Waals surface area contributed by atoms with E-state index in [-0.39, 0.29) is 23.1 Å². The van der Waals surface area contributed by atoms with Gasteiger partial charge in [-0.25, -0.2) is 13.6 Å². The van der Waals surface area contributed by atoms with Gasteiger partial charge in [0.25, 0.3) is 0 Å². The second-order valence-corrected chi connectivity index (χ2v) is 9.06. The molecule has 31 heavy (non-hydrogen) atoms. The van der Waals surface area contributed by atoms with Crippen LogP contribution in [0.15, 0.2) is 36.4 Å². The fraction of sp³-hybridized carbons (Fsp3) is 0.500. The molecule has 3 nitrogen and oxygen atoms in total. The maximum absolute atomic E-state index is 15.2. The molecule has 0 saturated heterocycles. The molecular formula is C26H30F2O3. The number of ether oxygens (including phenoxy) is 1. The quantitative estimate of drug-likeness (QED) is 0.569. The average Bonchev–Trinajstić information content (AvgIpc) is 2.81. The van der Waals surface area contributed by atoms with E-state index in [0.29, 0.717) is 23.0 Å². The number of aromatic carboxylic acids is 1. The lowest BCUT2D eigenvalue weighted by Gasteiger charge is -2.41. The molecule has 0 aliphatic heterocycles. The highest BCUT2D eigenvalue weighted by Crippen LogP contribution is 2.45. The Kier molecular flexibility index (Phi) is 6.71. The van der Waals surface area contributed by atoms with E-state index in [0.717, 1.165) is 19.3 Å². The van der Waals surface area contributed by atoms with Crippen LogP contribution in [0.3, 0.4) is 0 Å². The third-order valence-corrected chi connectivity index (χ3v) is 7.39. The minimum atomic E-state index is -1.05. The van der Waals surface area contributed by atoms with E-state index >= 15 is 8.78 Å². The Morgan fingerprint density at radius 1 is 0.935 bits per heavy atom. The zero-order chi connectivity index (χ0) is 22.0. The third kappa shape index (κ3) is 4.52. The maximum Gasteiger partial charge on any atom is 0.335 e. The summed E-state index contributed by atoms with van der Waals surface area (Å²) in [6.45, 7) is 0. The first-order valence-corrected chi connectivity index (χ1v) is 11.3. The minimum absolute atomic E-state index is 0.00346. The Bertz CT molecular complexity index is 919. The third-order valence-electron chi connectivity index (χ3n) is 7.39. The van der Waals surface area contributed by atoms with Crippen LogP contribution in [0, 0.1) is 23.5 Å². The van der Waals surface area contributed by atoms with Crippen LogP contribution < -0.4 is 0 Å². The molecule has 2 aliphatic rings. The van der Waals surface area contributed by atoms with Crippen molar-refractivity contribution in [3.05, 3.63) is 59.2 Å². The van der Waals surface area contributed by atoms with Crippen LogP contribution in [-0.2, 0) is 4.74 Å². The summed E-state index contributed by atoms with van der Waals surface area (Å²) in [5.41, 5.74) is 1.20. The lowest BCUT2D eigenvalue weighted by atomic mass is 9.67. The number of methoxy groups -OCH3 is 1. The molecule has 0 amide bonds. The second kappa shape index (κ2) is 9.47. The lowest BCUT2D eigenvalue weighted by Crippen LogP contribution is -2.36. The van der Waals surface area contributed by atoms with Gasteiger partial charge in [0.15, 0.2) is 11.6 Å². The fourth-order valence-electron chi connectivity index (χ4n) is 5.71. The number of carbonyl (C=O) groups is 1. The molecule has 2 fully saturated rings. The van der Waals surface area contributed by atoms with Crippen molar-refractivity contribution in [3.63, 3.8) is 0 Å². The zero-order valence-electron chi connectivity index (χ0n) is 17.9. The molecular weight excluding hydrogens is 398 g/mol. The molecule has 0 spiro atoms.